The van der Waals surface area contributed by atoms with Gasteiger partial charge in [-0.3, -0.25) is 0 Å². The standard InChI is InChI=1S/C8H8N2O2S/c1-3-5(2)10-8-9-4-6(13-8)7(11)12/h1,4-5H,2H3,(H,9,10)(H,11,12). The van der Waals surface area contributed by atoms with E-state index in [4.69, 9.17) is 11.5 Å². The fourth-order valence-electron chi connectivity index (χ4n) is 0.667. The average Bonchev–Trinajstić information content (AvgIpc) is 2.52. The molecule has 0 saturated heterocycles. The van der Waals surface area contributed by atoms with Crippen molar-refractivity contribution < 1.29 is 9.90 Å². The van der Waals surface area contributed by atoms with Crippen LogP contribution in [0.1, 0.15) is 16.6 Å². The van der Waals surface area contributed by atoms with Crippen LogP contribution in [0.3, 0.4) is 0 Å². The van der Waals surface area contributed by atoms with Gasteiger partial charge in [-0.15, -0.1) is 6.42 Å². The number of carbonyl (C=O) groups is 1. The minimum absolute atomic E-state index is 0.146. The number of carboxylic acids is 1. The quantitative estimate of drug-likeness (QED) is 0.715. The van der Waals surface area contributed by atoms with Gasteiger partial charge in [0.25, 0.3) is 0 Å². The molecule has 0 aliphatic rings. The van der Waals surface area contributed by atoms with E-state index in [2.05, 4.69) is 16.2 Å². The summed E-state index contributed by atoms with van der Waals surface area (Å²) in [6.45, 7) is 1.79. The summed E-state index contributed by atoms with van der Waals surface area (Å²) in [6, 6.07) is -0.146. The number of terminal acetylenes is 1. The molecule has 0 aliphatic heterocycles. The molecule has 0 spiro atoms. The van der Waals surface area contributed by atoms with E-state index in [-0.39, 0.29) is 10.9 Å². The Hall–Kier alpha value is -1.54. The van der Waals surface area contributed by atoms with Crippen molar-refractivity contribution in [2.75, 3.05) is 5.32 Å². The van der Waals surface area contributed by atoms with Gasteiger partial charge in [0.1, 0.15) is 4.88 Å². The smallest absolute Gasteiger partial charge is 0.347 e. The number of aromatic nitrogens is 1. The third-order valence-electron chi connectivity index (χ3n) is 1.31. The van der Waals surface area contributed by atoms with Crippen LogP contribution in [0.5, 0.6) is 0 Å². The third-order valence-corrected chi connectivity index (χ3v) is 2.22. The number of hydrogen-bond acceptors (Lipinski definition) is 4. The highest BCUT2D eigenvalue weighted by atomic mass is 32.1. The molecule has 0 radical (unpaired) electrons. The van der Waals surface area contributed by atoms with Crippen molar-refractivity contribution in [3.05, 3.63) is 11.1 Å². The monoisotopic (exact) mass is 196 g/mol. The van der Waals surface area contributed by atoms with Gasteiger partial charge in [-0.2, -0.15) is 0 Å². The number of anilines is 1. The van der Waals surface area contributed by atoms with Crippen molar-refractivity contribution in [1.82, 2.24) is 4.98 Å². The highest BCUT2D eigenvalue weighted by Gasteiger charge is 2.08. The van der Waals surface area contributed by atoms with Gasteiger partial charge in [0.05, 0.1) is 12.2 Å². The van der Waals surface area contributed by atoms with Crippen LogP contribution in [0.4, 0.5) is 5.13 Å². The molecule has 1 rings (SSSR count). The number of hydrogen-bond donors (Lipinski definition) is 2. The number of thiazole rings is 1. The Kier molecular flexibility index (Phi) is 2.88. The second kappa shape index (κ2) is 3.92. The molecule has 0 aliphatic carbocycles. The summed E-state index contributed by atoms with van der Waals surface area (Å²) in [5.41, 5.74) is 0. The lowest BCUT2D eigenvalue weighted by molar-refractivity contribution is 0.0702. The molecule has 4 nitrogen and oxygen atoms in total. The second-order valence-corrected chi connectivity index (χ2v) is 3.40. The van der Waals surface area contributed by atoms with Gasteiger partial charge >= 0.3 is 5.97 Å². The minimum atomic E-state index is -0.973. The summed E-state index contributed by atoms with van der Waals surface area (Å²) >= 11 is 1.07. The lowest BCUT2D eigenvalue weighted by atomic mass is 10.4. The summed E-state index contributed by atoms with van der Waals surface area (Å²) in [5.74, 6) is 1.49. The van der Waals surface area contributed by atoms with Gasteiger partial charge in [-0.1, -0.05) is 17.3 Å². The predicted octanol–water partition coefficient (Wildman–Crippen LogP) is 1.27. The molecule has 2 N–H and O–H groups in total. The maximum atomic E-state index is 10.5. The lowest BCUT2D eigenvalue weighted by Gasteiger charge is -2.03. The Morgan fingerprint density at radius 3 is 3.08 bits per heavy atom. The number of nitrogens with zero attached hydrogens (tertiary/aromatic N) is 1. The van der Waals surface area contributed by atoms with Gasteiger partial charge in [0.15, 0.2) is 5.13 Å². The fourth-order valence-corrected chi connectivity index (χ4v) is 1.41. The lowest BCUT2D eigenvalue weighted by Crippen LogP contribution is -2.11. The topological polar surface area (TPSA) is 62.2 Å². The molecule has 1 aromatic heterocycles. The molecule has 0 bridgehead atoms. The number of nitrogens with one attached hydrogen (secondary N) is 1. The Bertz CT molecular complexity index is 353. The predicted molar refractivity (Wildman–Crippen MR) is 51.0 cm³/mol. The van der Waals surface area contributed by atoms with E-state index in [9.17, 15) is 4.79 Å². The molecule has 0 saturated carbocycles. The minimum Gasteiger partial charge on any atom is -0.477 e. The van der Waals surface area contributed by atoms with Gasteiger partial charge in [-0.05, 0) is 6.92 Å². The van der Waals surface area contributed by atoms with Crippen LogP contribution in [-0.4, -0.2) is 22.1 Å². The van der Waals surface area contributed by atoms with E-state index >= 15 is 0 Å². The van der Waals surface area contributed by atoms with Crippen molar-refractivity contribution in [3.63, 3.8) is 0 Å². The van der Waals surface area contributed by atoms with Crippen molar-refractivity contribution in [3.8, 4) is 12.3 Å². The van der Waals surface area contributed by atoms with Gasteiger partial charge in [0, 0.05) is 0 Å². The van der Waals surface area contributed by atoms with Crippen LogP contribution in [0.25, 0.3) is 0 Å². The molecule has 68 valence electrons. The molecule has 1 unspecified atom stereocenters. The van der Waals surface area contributed by atoms with E-state index in [1.165, 1.54) is 6.20 Å². The summed E-state index contributed by atoms with van der Waals surface area (Å²) in [4.78, 5) is 14.5. The molecule has 5 heteroatoms. The molecular weight excluding hydrogens is 188 g/mol. The largest absolute Gasteiger partial charge is 0.477 e. The molecule has 0 fully saturated rings. The van der Waals surface area contributed by atoms with Crippen molar-refractivity contribution in [2.45, 2.75) is 13.0 Å². The van der Waals surface area contributed by atoms with Crippen LogP contribution in [0.15, 0.2) is 6.20 Å². The summed E-state index contributed by atoms with van der Waals surface area (Å²) in [6.07, 6.45) is 6.44. The number of rotatable bonds is 3. The Morgan fingerprint density at radius 2 is 2.62 bits per heavy atom. The Balaban J connectivity index is 2.70. The zero-order valence-corrected chi connectivity index (χ0v) is 7.76. The van der Waals surface area contributed by atoms with Crippen LogP contribution in [0, 0.1) is 12.3 Å². The molecule has 13 heavy (non-hydrogen) atoms. The molecular formula is C8H8N2O2S. The van der Waals surface area contributed by atoms with Crippen molar-refractivity contribution >= 4 is 22.4 Å². The Labute approximate surface area is 79.6 Å². The first-order chi connectivity index (χ1) is 6.13. The highest BCUT2D eigenvalue weighted by molar-refractivity contribution is 7.17. The molecule has 0 amide bonds. The molecule has 1 atom stereocenters. The van der Waals surface area contributed by atoms with Crippen LogP contribution in [-0.2, 0) is 0 Å². The van der Waals surface area contributed by atoms with E-state index in [0.717, 1.165) is 11.3 Å². The van der Waals surface area contributed by atoms with E-state index in [1.54, 1.807) is 6.92 Å². The Morgan fingerprint density at radius 1 is 1.92 bits per heavy atom. The van der Waals surface area contributed by atoms with Crippen molar-refractivity contribution in [1.29, 1.82) is 0 Å². The van der Waals surface area contributed by atoms with Gasteiger partial charge in [0.2, 0.25) is 0 Å². The van der Waals surface area contributed by atoms with Crippen LogP contribution < -0.4 is 5.32 Å². The first-order valence-electron chi connectivity index (χ1n) is 3.55. The second-order valence-electron chi connectivity index (χ2n) is 2.37. The SMILES string of the molecule is C#CC(C)Nc1ncc(C(=O)O)s1. The maximum absolute atomic E-state index is 10.5. The summed E-state index contributed by atoms with van der Waals surface area (Å²) in [7, 11) is 0. The summed E-state index contributed by atoms with van der Waals surface area (Å²) < 4.78 is 0. The summed E-state index contributed by atoms with van der Waals surface area (Å²) in [5, 5.41) is 12.0. The highest BCUT2D eigenvalue weighted by Crippen LogP contribution is 2.18. The van der Waals surface area contributed by atoms with E-state index in [0.29, 0.717) is 5.13 Å². The third kappa shape index (κ3) is 2.46. The van der Waals surface area contributed by atoms with Crippen LogP contribution >= 0.6 is 11.3 Å². The molecule has 1 aromatic rings. The normalized spacial score (nSPS) is 11.7. The van der Waals surface area contributed by atoms with Crippen LogP contribution in [0.2, 0.25) is 0 Å². The zero-order valence-electron chi connectivity index (χ0n) is 6.94. The zero-order chi connectivity index (χ0) is 9.84. The average molecular weight is 196 g/mol. The fraction of sp³-hybridized carbons (Fsp3) is 0.250. The van der Waals surface area contributed by atoms with E-state index in [1.807, 2.05) is 0 Å². The van der Waals surface area contributed by atoms with E-state index < -0.39 is 5.97 Å². The van der Waals surface area contributed by atoms with Gasteiger partial charge in [-0.25, -0.2) is 9.78 Å². The number of aromatic carboxylic acids is 1. The first kappa shape index (κ1) is 9.55. The van der Waals surface area contributed by atoms with Crippen molar-refractivity contribution in [2.24, 2.45) is 0 Å². The van der Waals surface area contributed by atoms with Gasteiger partial charge < -0.3 is 10.4 Å². The maximum Gasteiger partial charge on any atom is 0.347 e. The molecule has 1 heterocycles. The number of carboxylic acid groups (broad SMARTS) is 1. The first-order valence-corrected chi connectivity index (χ1v) is 4.37. The molecule has 0 aromatic carbocycles.